The summed E-state index contributed by atoms with van der Waals surface area (Å²) >= 11 is 0. The molecular formula is C18H25N3O4. The van der Waals surface area contributed by atoms with Gasteiger partial charge in [-0.1, -0.05) is 12.1 Å². The van der Waals surface area contributed by atoms with Gasteiger partial charge in [-0.3, -0.25) is 9.58 Å². The maximum absolute atomic E-state index is 6.06. The average Bonchev–Trinajstić information content (AvgIpc) is 3.23. The van der Waals surface area contributed by atoms with Crippen molar-refractivity contribution in [2.24, 2.45) is 7.05 Å². The summed E-state index contributed by atoms with van der Waals surface area (Å²) < 4.78 is 24.4. The minimum atomic E-state index is -0.0363. The molecule has 2 atom stereocenters. The van der Waals surface area contributed by atoms with E-state index in [1.54, 1.807) is 25.1 Å². The molecule has 0 spiro atoms. The molecule has 3 rings (SSSR count). The molecule has 0 amide bonds. The quantitative estimate of drug-likeness (QED) is 0.760. The minimum Gasteiger partial charge on any atom is -0.493 e. The van der Waals surface area contributed by atoms with Crippen LogP contribution in [0.3, 0.4) is 0 Å². The van der Waals surface area contributed by atoms with Crippen molar-refractivity contribution in [3.63, 3.8) is 0 Å². The number of hydrogen-bond donors (Lipinski definition) is 0. The van der Waals surface area contributed by atoms with Gasteiger partial charge < -0.3 is 18.9 Å². The van der Waals surface area contributed by atoms with E-state index < -0.39 is 0 Å². The molecule has 1 fully saturated rings. The molecule has 7 heteroatoms. The first-order valence-corrected chi connectivity index (χ1v) is 8.25. The number of hydrogen-bond acceptors (Lipinski definition) is 6. The van der Waals surface area contributed by atoms with Gasteiger partial charge in [-0.15, -0.1) is 0 Å². The second kappa shape index (κ2) is 7.76. The van der Waals surface area contributed by atoms with Crippen LogP contribution in [-0.2, 0) is 18.3 Å². The summed E-state index contributed by atoms with van der Waals surface area (Å²) in [5.74, 6) is 2.26. The van der Waals surface area contributed by atoms with Crippen LogP contribution in [0, 0.1) is 0 Å². The molecule has 7 nitrogen and oxygen atoms in total. The van der Waals surface area contributed by atoms with E-state index in [0.717, 1.165) is 22.8 Å². The Morgan fingerprint density at radius 3 is 2.80 bits per heavy atom. The summed E-state index contributed by atoms with van der Waals surface area (Å²) in [6.07, 6.45) is 3.55. The lowest BCUT2D eigenvalue weighted by Crippen LogP contribution is -2.43. The van der Waals surface area contributed by atoms with Gasteiger partial charge in [0.25, 0.3) is 0 Å². The summed E-state index contributed by atoms with van der Waals surface area (Å²) in [5, 5.41) is 4.14. The molecule has 136 valence electrons. The predicted octanol–water partition coefficient (Wildman–Crippen LogP) is 1.72. The first-order valence-electron chi connectivity index (χ1n) is 8.25. The number of methoxy groups -OCH3 is 2. The van der Waals surface area contributed by atoms with Gasteiger partial charge in [-0.2, -0.15) is 5.10 Å². The molecule has 1 saturated heterocycles. The Bertz CT molecular complexity index is 703. The lowest BCUT2D eigenvalue weighted by atomic mass is 10.1. The van der Waals surface area contributed by atoms with Crippen molar-refractivity contribution in [1.82, 2.24) is 14.7 Å². The molecule has 1 aliphatic heterocycles. The lowest BCUT2D eigenvalue weighted by Gasteiger charge is -2.28. The molecule has 0 aliphatic carbocycles. The summed E-state index contributed by atoms with van der Waals surface area (Å²) in [5.41, 5.74) is 1.07. The van der Waals surface area contributed by atoms with Crippen LogP contribution in [0.15, 0.2) is 30.6 Å². The Kier molecular flexibility index (Phi) is 5.45. The van der Waals surface area contributed by atoms with Crippen LogP contribution >= 0.6 is 0 Å². The number of likely N-dealkylation sites (N-methyl/N-ethyl adjacent to an activating group) is 1. The van der Waals surface area contributed by atoms with Gasteiger partial charge in [0.2, 0.25) is 0 Å². The highest BCUT2D eigenvalue weighted by Crippen LogP contribution is 2.32. The summed E-state index contributed by atoms with van der Waals surface area (Å²) in [7, 11) is 7.25. The Hall–Kier alpha value is -2.25. The average molecular weight is 347 g/mol. The van der Waals surface area contributed by atoms with Gasteiger partial charge in [-0.25, -0.2) is 0 Å². The molecule has 1 aromatic carbocycles. The van der Waals surface area contributed by atoms with Crippen molar-refractivity contribution in [2.45, 2.75) is 18.7 Å². The maximum atomic E-state index is 6.06. The molecule has 1 aromatic heterocycles. The third-order valence-corrected chi connectivity index (χ3v) is 4.44. The van der Waals surface area contributed by atoms with E-state index in [2.05, 4.69) is 17.0 Å². The van der Waals surface area contributed by atoms with Crippen molar-refractivity contribution < 1.29 is 18.9 Å². The smallest absolute Gasteiger partial charge is 0.165 e. The second-order valence-corrected chi connectivity index (χ2v) is 6.18. The zero-order valence-corrected chi connectivity index (χ0v) is 15.1. The Morgan fingerprint density at radius 1 is 1.28 bits per heavy atom. The normalized spacial score (nSPS) is 20.0. The van der Waals surface area contributed by atoms with Crippen molar-refractivity contribution in [3.8, 4) is 17.2 Å². The number of ether oxygens (including phenoxy) is 4. The summed E-state index contributed by atoms with van der Waals surface area (Å²) in [6.45, 7) is 1.91. The number of nitrogens with zero attached hydrogens (tertiary/aromatic N) is 3. The van der Waals surface area contributed by atoms with E-state index in [1.807, 2.05) is 31.4 Å². The number of benzene rings is 1. The lowest BCUT2D eigenvalue weighted by molar-refractivity contribution is 0.112. The van der Waals surface area contributed by atoms with Gasteiger partial charge in [-0.05, 0) is 13.1 Å². The molecule has 1 aliphatic rings. The number of para-hydroxylation sites is 1. The molecule has 0 unspecified atom stereocenters. The Balaban J connectivity index is 1.70. The fourth-order valence-electron chi connectivity index (χ4n) is 3.15. The SMILES string of the molecule is COc1cccc(CN(C)[C@H]2COC[C@H]2Oc2cnn(C)c2)c1OC. The first-order chi connectivity index (χ1) is 12.1. The summed E-state index contributed by atoms with van der Waals surface area (Å²) in [6, 6.07) is 6.07. The molecule has 2 aromatic rings. The zero-order valence-electron chi connectivity index (χ0n) is 15.1. The fourth-order valence-corrected chi connectivity index (χ4v) is 3.15. The van der Waals surface area contributed by atoms with Crippen molar-refractivity contribution in [2.75, 3.05) is 34.5 Å². The van der Waals surface area contributed by atoms with Crippen molar-refractivity contribution in [3.05, 3.63) is 36.2 Å². The van der Waals surface area contributed by atoms with Gasteiger partial charge in [0.15, 0.2) is 17.2 Å². The zero-order chi connectivity index (χ0) is 17.8. The second-order valence-electron chi connectivity index (χ2n) is 6.18. The van der Waals surface area contributed by atoms with Crippen LogP contribution in [0.4, 0.5) is 0 Å². The number of aromatic nitrogens is 2. The van der Waals surface area contributed by atoms with Crippen molar-refractivity contribution >= 4 is 0 Å². The summed E-state index contributed by atoms with van der Waals surface area (Å²) in [4.78, 5) is 2.23. The van der Waals surface area contributed by atoms with Gasteiger partial charge >= 0.3 is 0 Å². The van der Waals surface area contributed by atoms with E-state index in [4.69, 9.17) is 18.9 Å². The van der Waals surface area contributed by atoms with Gasteiger partial charge in [0.1, 0.15) is 6.10 Å². The van der Waals surface area contributed by atoms with Crippen molar-refractivity contribution in [1.29, 1.82) is 0 Å². The molecule has 2 heterocycles. The number of rotatable bonds is 7. The fraction of sp³-hybridized carbons (Fsp3) is 0.500. The number of aryl methyl sites for hydroxylation is 1. The highest BCUT2D eigenvalue weighted by Gasteiger charge is 2.34. The van der Waals surface area contributed by atoms with Crippen LogP contribution in [-0.4, -0.2) is 61.3 Å². The van der Waals surface area contributed by atoms with Crippen LogP contribution in [0.25, 0.3) is 0 Å². The van der Waals surface area contributed by atoms with Crippen LogP contribution in [0.1, 0.15) is 5.56 Å². The maximum Gasteiger partial charge on any atom is 0.165 e. The molecule has 0 saturated carbocycles. The predicted molar refractivity (Wildman–Crippen MR) is 93.2 cm³/mol. The monoisotopic (exact) mass is 347 g/mol. The standard InChI is InChI=1S/C18H25N3O4/c1-20(9-13-6-5-7-16(22-3)18(13)23-4)15-11-24-12-17(15)25-14-8-19-21(2)10-14/h5-8,10,15,17H,9,11-12H2,1-4H3/t15-,17+/m0/s1. The Labute approximate surface area is 148 Å². The minimum absolute atomic E-state index is 0.0363. The molecular weight excluding hydrogens is 322 g/mol. The topological polar surface area (TPSA) is 58.0 Å². The molecule has 0 radical (unpaired) electrons. The first kappa shape index (κ1) is 17.6. The van der Waals surface area contributed by atoms with E-state index >= 15 is 0 Å². The van der Waals surface area contributed by atoms with E-state index in [1.165, 1.54) is 0 Å². The third-order valence-electron chi connectivity index (χ3n) is 4.44. The highest BCUT2D eigenvalue weighted by molar-refractivity contribution is 5.46. The molecule has 25 heavy (non-hydrogen) atoms. The van der Waals surface area contributed by atoms with Crippen LogP contribution < -0.4 is 14.2 Å². The van der Waals surface area contributed by atoms with Crippen LogP contribution in [0.5, 0.6) is 17.2 Å². The van der Waals surface area contributed by atoms with Crippen LogP contribution in [0.2, 0.25) is 0 Å². The van der Waals surface area contributed by atoms with Gasteiger partial charge in [0.05, 0.1) is 45.9 Å². The largest absolute Gasteiger partial charge is 0.493 e. The third kappa shape index (κ3) is 3.88. The molecule has 0 N–H and O–H groups in total. The van der Waals surface area contributed by atoms with E-state index in [9.17, 15) is 0 Å². The van der Waals surface area contributed by atoms with Gasteiger partial charge in [0, 0.05) is 19.2 Å². The Morgan fingerprint density at radius 2 is 2.12 bits per heavy atom. The highest BCUT2D eigenvalue weighted by atomic mass is 16.5. The molecule has 0 bridgehead atoms. The van der Waals surface area contributed by atoms with E-state index in [-0.39, 0.29) is 12.1 Å². The van der Waals surface area contributed by atoms with E-state index in [0.29, 0.717) is 19.8 Å².